The molecule has 0 aromatic carbocycles. The summed E-state index contributed by atoms with van der Waals surface area (Å²) in [5, 5.41) is 0. The molecule has 0 spiro atoms. The number of hydrogen-bond acceptors (Lipinski definition) is 7. The Morgan fingerprint density at radius 1 is 1.03 bits per heavy atom. The smallest absolute Gasteiger partial charge is 0.250 e. The van der Waals surface area contributed by atoms with E-state index < -0.39 is 16.1 Å². The fourth-order valence-corrected chi connectivity index (χ4v) is 9.27. The molecular weight excluding hydrogens is 564 g/mol. The molecule has 4 atom stereocenters. The predicted molar refractivity (Wildman–Crippen MR) is 152 cm³/mol. The van der Waals surface area contributed by atoms with Gasteiger partial charge in [0.05, 0.1) is 10.9 Å². The van der Waals surface area contributed by atoms with E-state index in [0.717, 1.165) is 40.5 Å². The van der Waals surface area contributed by atoms with Gasteiger partial charge in [-0.2, -0.15) is 4.72 Å². The molecule has 2 saturated heterocycles. The molecule has 206 valence electrons. The van der Waals surface area contributed by atoms with Crippen LogP contribution in [0.3, 0.4) is 0 Å². The van der Waals surface area contributed by atoms with Crippen molar-refractivity contribution in [3.8, 4) is 9.75 Å². The zero-order valence-electron chi connectivity index (χ0n) is 21.5. The summed E-state index contributed by atoms with van der Waals surface area (Å²) in [6, 6.07) is 6.89. The van der Waals surface area contributed by atoms with Gasteiger partial charge in [-0.1, -0.05) is 23.8 Å². The van der Waals surface area contributed by atoms with Gasteiger partial charge in [0.2, 0.25) is 11.8 Å². The maximum absolute atomic E-state index is 13.3. The third-order valence-corrected chi connectivity index (χ3v) is 12.1. The molecule has 4 unspecified atom stereocenters. The molecule has 12 heteroatoms. The van der Waals surface area contributed by atoms with Crippen LogP contribution >= 0.6 is 34.3 Å². The van der Waals surface area contributed by atoms with Gasteiger partial charge in [-0.3, -0.25) is 14.5 Å². The number of carbonyl (C=O) groups is 2. The average Bonchev–Trinajstić information content (AvgIpc) is 3.67. The Kier molecular flexibility index (Phi) is 8.33. The monoisotopic (exact) mass is 596 g/mol. The minimum absolute atomic E-state index is 0.0147. The molecule has 0 radical (unpaired) electrons. The Balaban J connectivity index is 1.20. The van der Waals surface area contributed by atoms with Crippen LogP contribution in [0.1, 0.15) is 39.5 Å². The Labute approximate surface area is 237 Å². The number of thiophene rings is 2. The quantitative estimate of drug-likeness (QED) is 0.465. The molecule has 0 saturated carbocycles. The summed E-state index contributed by atoms with van der Waals surface area (Å²) in [5.41, 5.74) is 0. The minimum Gasteiger partial charge on any atom is -0.337 e. The van der Waals surface area contributed by atoms with Crippen molar-refractivity contribution in [3.05, 3.63) is 40.8 Å². The van der Waals surface area contributed by atoms with Gasteiger partial charge in [-0.25, -0.2) is 8.42 Å². The molecule has 2 aromatic rings. The molecule has 0 aliphatic carbocycles. The van der Waals surface area contributed by atoms with Crippen molar-refractivity contribution in [2.45, 2.75) is 67.9 Å². The van der Waals surface area contributed by atoms with Crippen LogP contribution in [0, 0.1) is 0 Å². The first kappa shape index (κ1) is 27.8. The van der Waals surface area contributed by atoms with Crippen molar-refractivity contribution >= 4 is 56.1 Å². The van der Waals surface area contributed by atoms with Gasteiger partial charge in [0.25, 0.3) is 10.0 Å². The van der Waals surface area contributed by atoms with Crippen LogP contribution < -0.4 is 4.72 Å². The van der Waals surface area contributed by atoms with Gasteiger partial charge >= 0.3 is 0 Å². The first-order valence-corrected chi connectivity index (χ1v) is 16.5. The molecule has 0 bridgehead atoms. The first-order chi connectivity index (χ1) is 18.1. The molecule has 5 rings (SSSR count). The van der Waals surface area contributed by atoms with E-state index in [1.165, 1.54) is 16.2 Å². The molecule has 2 aromatic heterocycles. The molecule has 5 heterocycles. The van der Waals surface area contributed by atoms with Crippen molar-refractivity contribution in [3.63, 3.8) is 0 Å². The maximum Gasteiger partial charge on any atom is 0.250 e. The van der Waals surface area contributed by atoms with E-state index in [4.69, 9.17) is 11.6 Å². The standard InChI is InChI=1S/C26H33ClN4O4S3/c1-17-7-8-18(2)31(17)15-19-5-3-14-30(19)24(32)16-29-13-4-6-20(26(29)33)28-38(34,35)25-12-10-22(37-25)21-9-11-23(27)36-21/h7-12,17-20,28H,3-6,13-16H2,1-2H3. The molecule has 3 aliphatic heterocycles. The van der Waals surface area contributed by atoms with Gasteiger partial charge in [0.15, 0.2) is 0 Å². The molecular formula is C26H33ClN4O4S3. The van der Waals surface area contributed by atoms with Crippen LogP contribution in [0.15, 0.2) is 40.6 Å². The summed E-state index contributed by atoms with van der Waals surface area (Å²) in [7, 11) is -3.89. The first-order valence-electron chi connectivity index (χ1n) is 13.0. The zero-order valence-corrected chi connectivity index (χ0v) is 24.7. The topological polar surface area (TPSA) is 90.0 Å². The van der Waals surface area contributed by atoms with Crippen LogP contribution in [0.2, 0.25) is 4.34 Å². The Bertz CT molecular complexity index is 1310. The maximum atomic E-state index is 13.3. The summed E-state index contributed by atoms with van der Waals surface area (Å²) >= 11 is 8.55. The second-order valence-electron chi connectivity index (χ2n) is 10.2. The second kappa shape index (κ2) is 11.4. The molecule has 2 amide bonds. The van der Waals surface area contributed by atoms with E-state index in [2.05, 4.69) is 35.6 Å². The van der Waals surface area contributed by atoms with Crippen LogP contribution in [0.25, 0.3) is 9.75 Å². The SMILES string of the molecule is CC1C=CC(C)N1CC1CCCN1C(=O)CN1CCCC(NS(=O)(=O)c2ccc(-c3ccc(Cl)s3)s2)C1=O. The van der Waals surface area contributed by atoms with Crippen molar-refractivity contribution < 1.29 is 18.0 Å². The molecule has 1 N–H and O–H groups in total. The fraction of sp³-hybridized carbons (Fsp3) is 0.538. The average molecular weight is 597 g/mol. The minimum atomic E-state index is -3.89. The Hall–Kier alpha value is -1.76. The van der Waals surface area contributed by atoms with Crippen LogP contribution in [0.4, 0.5) is 0 Å². The van der Waals surface area contributed by atoms with E-state index in [1.54, 1.807) is 18.2 Å². The number of halogens is 1. The largest absolute Gasteiger partial charge is 0.337 e. The summed E-state index contributed by atoms with van der Waals surface area (Å²) in [6.45, 7) is 6.29. The number of nitrogens with one attached hydrogen (secondary N) is 1. The van der Waals surface area contributed by atoms with E-state index >= 15 is 0 Å². The third kappa shape index (κ3) is 5.88. The number of piperidine rings is 1. The van der Waals surface area contributed by atoms with Crippen LogP contribution in [0.5, 0.6) is 0 Å². The summed E-state index contributed by atoms with van der Waals surface area (Å²) in [4.78, 5) is 34.1. The number of sulfonamides is 1. The number of likely N-dealkylation sites (tertiary alicyclic amines) is 2. The lowest BCUT2D eigenvalue weighted by Crippen LogP contribution is -2.55. The number of hydrogen-bond donors (Lipinski definition) is 1. The van der Waals surface area contributed by atoms with Crippen molar-refractivity contribution in [1.82, 2.24) is 19.4 Å². The van der Waals surface area contributed by atoms with Crippen molar-refractivity contribution in [2.75, 3.05) is 26.2 Å². The van der Waals surface area contributed by atoms with Crippen molar-refractivity contribution in [1.29, 1.82) is 0 Å². The fourth-order valence-electron chi connectivity index (χ4n) is 5.59. The van der Waals surface area contributed by atoms with Gasteiger partial charge in [-0.05, 0) is 63.8 Å². The second-order valence-corrected chi connectivity index (χ2v) is 15.0. The number of carbonyl (C=O) groups excluding carboxylic acids is 2. The highest BCUT2D eigenvalue weighted by atomic mass is 35.5. The Morgan fingerprint density at radius 2 is 1.71 bits per heavy atom. The molecule has 8 nitrogen and oxygen atoms in total. The van der Waals surface area contributed by atoms with Gasteiger partial charge in [0, 0.05) is 47.5 Å². The normalized spacial score (nSPS) is 26.6. The number of nitrogens with zero attached hydrogens (tertiary/aromatic N) is 3. The number of amides is 2. The summed E-state index contributed by atoms with van der Waals surface area (Å²) in [6.07, 6.45) is 7.36. The van der Waals surface area contributed by atoms with E-state index in [1.807, 2.05) is 11.0 Å². The van der Waals surface area contributed by atoms with Gasteiger partial charge < -0.3 is 9.80 Å². The summed E-state index contributed by atoms with van der Waals surface area (Å²) in [5.74, 6) is -0.397. The lowest BCUT2D eigenvalue weighted by Gasteiger charge is -2.36. The molecule has 3 aliphatic rings. The van der Waals surface area contributed by atoms with E-state index in [9.17, 15) is 18.0 Å². The van der Waals surface area contributed by atoms with Crippen LogP contribution in [-0.4, -0.2) is 85.3 Å². The van der Waals surface area contributed by atoms with Crippen molar-refractivity contribution in [2.24, 2.45) is 0 Å². The van der Waals surface area contributed by atoms with E-state index in [-0.39, 0.29) is 28.6 Å². The molecule has 38 heavy (non-hydrogen) atoms. The van der Waals surface area contributed by atoms with Gasteiger partial charge in [0.1, 0.15) is 10.3 Å². The van der Waals surface area contributed by atoms with Crippen LogP contribution in [-0.2, 0) is 19.6 Å². The predicted octanol–water partition coefficient (Wildman–Crippen LogP) is 4.04. The molecule has 2 fully saturated rings. The third-order valence-electron chi connectivity index (χ3n) is 7.65. The lowest BCUT2D eigenvalue weighted by atomic mass is 10.1. The highest BCUT2D eigenvalue weighted by Gasteiger charge is 2.37. The van der Waals surface area contributed by atoms with E-state index in [0.29, 0.717) is 42.4 Å². The number of rotatable bonds is 8. The lowest BCUT2D eigenvalue weighted by molar-refractivity contribution is -0.143. The summed E-state index contributed by atoms with van der Waals surface area (Å²) < 4.78 is 29.6. The highest BCUT2D eigenvalue weighted by molar-refractivity contribution is 7.91. The zero-order chi connectivity index (χ0) is 27.0. The highest BCUT2D eigenvalue weighted by Crippen LogP contribution is 2.37. The Morgan fingerprint density at radius 3 is 2.42 bits per heavy atom. The van der Waals surface area contributed by atoms with Gasteiger partial charge in [-0.15, -0.1) is 22.7 Å².